The van der Waals surface area contributed by atoms with Gasteiger partial charge in [-0.3, -0.25) is 24.1 Å². The first kappa shape index (κ1) is 37.6. The molecule has 59 heavy (non-hydrogen) atoms. The number of phenolic OH excluding ortho intramolecular Hbond substituents is 1. The molecule has 9 rings (SSSR count). The number of imide groups is 1. The third kappa shape index (κ3) is 6.09. The van der Waals surface area contributed by atoms with Gasteiger partial charge >= 0.3 is 0 Å². The van der Waals surface area contributed by atoms with Crippen LogP contribution in [0.5, 0.6) is 11.5 Å². The minimum absolute atomic E-state index is 0.0940. The van der Waals surface area contributed by atoms with Crippen molar-refractivity contribution in [3.8, 4) is 11.5 Å². The lowest BCUT2D eigenvalue weighted by atomic mass is 9.44. The predicted molar refractivity (Wildman–Crippen MR) is 225 cm³/mol. The number of azo groups is 1. The number of hydrogen-bond acceptors (Lipinski definition) is 9. The molecule has 5 aromatic carbocycles. The number of carbonyl (C=O) groups is 4. The Kier molecular flexibility index (Phi) is 9.42. The Labute approximate surface area is 342 Å². The summed E-state index contributed by atoms with van der Waals surface area (Å²) in [6, 6.07) is 38.0. The Morgan fingerprint density at radius 1 is 0.763 bits per heavy atom. The van der Waals surface area contributed by atoms with Gasteiger partial charge in [-0.25, -0.2) is 0 Å². The number of fused-ring (bicyclic) bond motifs is 4. The molecule has 294 valence electrons. The number of nitrogens with zero attached hydrogens (tertiary/aromatic N) is 4. The van der Waals surface area contributed by atoms with Crippen LogP contribution in [0.4, 0.5) is 22.7 Å². The lowest BCUT2D eigenvalue weighted by Crippen LogP contribution is -2.58. The third-order valence-corrected chi connectivity index (χ3v) is 12.7. The molecule has 1 heterocycles. The van der Waals surface area contributed by atoms with Crippen LogP contribution in [-0.2, 0) is 24.6 Å². The van der Waals surface area contributed by atoms with Gasteiger partial charge in [-0.05, 0) is 90.6 Å². The van der Waals surface area contributed by atoms with Crippen LogP contribution in [0.2, 0.25) is 0 Å². The van der Waals surface area contributed by atoms with Crippen molar-refractivity contribution in [2.24, 2.45) is 33.9 Å². The van der Waals surface area contributed by atoms with Crippen molar-refractivity contribution in [1.29, 1.82) is 0 Å². The third-order valence-electron chi connectivity index (χ3n) is 12.7. The summed E-state index contributed by atoms with van der Waals surface area (Å²) < 4.78 is 5.44. The zero-order valence-corrected chi connectivity index (χ0v) is 32.9. The van der Waals surface area contributed by atoms with Gasteiger partial charge in [0.05, 0.1) is 41.4 Å². The van der Waals surface area contributed by atoms with Crippen LogP contribution in [0.15, 0.2) is 155 Å². The molecule has 1 saturated carbocycles. The lowest BCUT2D eigenvalue weighted by molar-refractivity contribution is -0.135. The standard InChI is InChI=1S/C49H42N4O6/c1-52(2)33-18-14-31(15-19-33)50-51-32-16-20-34(21-17-32)53-47(57)38-25-24-36-40(44(38)48(53)58)27-41-46(56)39(29-10-6-4-7-11-29)28-43(55)49(41,30-12-8-5-9-13-30)45(36)37-23-22-35(59-3)26-42(37)54/h4-24,26,28,38,40-41,44-45,54H,25,27H2,1-3H3. The van der Waals surface area contributed by atoms with Gasteiger partial charge in [0, 0.05) is 48.8 Å². The van der Waals surface area contributed by atoms with Crippen molar-refractivity contribution in [3.05, 3.63) is 162 Å². The quantitative estimate of drug-likeness (QED) is 0.0946. The van der Waals surface area contributed by atoms with Crippen molar-refractivity contribution < 1.29 is 29.0 Å². The Morgan fingerprint density at radius 3 is 2.03 bits per heavy atom. The summed E-state index contributed by atoms with van der Waals surface area (Å²) in [6.45, 7) is 0. The number of rotatable bonds is 8. The number of anilines is 2. The zero-order valence-electron chi connectivity index (χ0n) is 32.9. The van der Waals surface area contributed by atoms with E-state index in [0.29, 0.717) is 45.1 Å². The van der Waals surface area contributed by atoms with Crippen LogP contribution in [0.1, 0.15) is 35.4 Å². The van der Waals surface area contributed by atoms with E-state index in [1.807, 2.05) is 110 Å². The number of phenols is 1. The SMILES string of the molecule is COc1ccc(C2C3=CCC4C(=O)N(c5ccc(N=Nc6ccc(N(C)C)cc6)cc5)C(=O)C4C3CC3C(=O)C(c4ccccc4)=CC(=O)C32c2ccccc2)c(O)c1. The van der Waals surface area contributed by atoms with E-state index in [-0.39, 0.29) is 42.0 Å². The van der Waals surface area contributed by atoms with Gasteiger partial charge in [-0.1, -0.05) is 78.4 Å². The number of benzene rings is 5. The Bertz CT molecular complexity index is 2580. The van der Waals surface area contributed by atoms with E-state index in [1.165, 1.54) is 24.2 Å². The Morgan fingerprint density at radius 2 is 1.41 bits per heavy atom. The van der Waals surface area contributed by atoms with Crippen LogP contribution < -0.4 is 14.5 Å². The van der Waals surface area contributed by atoms with Crippen LogP contribution in [0.3, 0.4) is 0 Å². The van der Waals surface area contributed by atoms with Gasteiger partial charge in [0.15, 0.2) is 11.6 Å². The number of Topliss-reactive ketones (excluding diaryl/α,β-unsaturated/α-hetero) is 1. The lowest BCUT2D eigenvalue weighted by Gasteiger charge is -2.55. The van der Waals surface area contributed by atoms with Gasteiger partial charge in [0.2, 0.25) is 11.8 Å². The molecule has 0 bridgehead atoms. The molecule has 3 aliphatic carbocycles. The molecule has 1 saturated heterocycles. The van der Waals surface area contributed by atoms with Crippen molar-refractivity contribution in [2.45, 2.75) is 24.2 Å². The molecule has 6 unspecified atom stereocenters. The van der Waals surface area contributed by atoms with Crippen molar-refractivity contribution in [1.82, 2.24) is 0 Å². The molecule has 4 aliphatic rings. The zero-order chi connectivity index (χ0) is 41.0. The monoisotopic (exact) mass is 782 g/mol. The summed E-state index contributed by atoms with van der Waals surface area (Å²) in [5, 5.41) is 20.5. The second-order valence-electron chi connectivity index (χ2n) is 15.9. The average molecular weight is 783 g/mol. The van der Waals surface area contributed by atoms with Crippen molar-refractivity contribution >= 4 is 51.7 Å². The van der Waals surface area contributed by atoms with E-state index in [1.54, 1.807) is 36.4 Å². The average Bonchev–Trinajstić information content (AvgIpc) is 3.52. The number of hydrogen-bond donors (Lipinski definition) is 1. The Balaban J connectivity index is 1.13. The second kappa shape index (κ2) is 14.8. The molecule has 2 amide bonds. The minimum Gasteiger partial charge on any atom is -0.508 e. The van der Waals surface area contributed by atoms with Crippen molar-refractivity contribution in [2.75, 3.05) is 31.0 Å². The molecule has 10 heteroatoms. The summed E-state index contributed by atoms with van der Waals surface area (Å²) in [7, 11) is 5.44. The highest BCUT2D eigenvalue weighted by molar-refractivity contribution is 6.32. The van der Waals surface area contributed by atoms with Gasteiger partial charge in [-0.2, -0.15) is 10.2 Å². The molecule has 1 aliphatic heterocycles. The van der Waals surface area contributed by atoms with Gasteiger partial charge in [0.1, 0.15) is 11.5 Å². The first-order chi connectivity index (χ1) is 28.6. The second-order valence-corrected chi connectivity index (χ2v) is 15.9. The van der Waals surface area contributed by atoms with E-state index < -0.39 is 35.0 Å². The fourth-order valence-electron chi connectivity index (χ4n) is 9.97. The number of ketones is 2. The van der Waals surface area contributed by atoms with Gasteiger partial charge < -0.3 is 14.7 Å². The number of ether oxygens (including phenoxy) is 1. The van der Waals surface area contributed by atoms with Gasteiger partial charge in [-0.15, -0.1) is 0 Å². The fourth-order valence-corrected chi connectivity index (χ4v) is 9.97. The fraction of sp³-hybridized carbons (Fsp3) is 0.224. The van der Waals surface area contributed by atoms with Crippen LogP contribution in [-0.4, -0.2) is 49.7 Å². The maximum atomic E-state index is 15.2. The number of carbonyl (C=O) groups excluding carboxylic acids is 4. The molecule has 0 radical (unpaired) electrons. The highest BCUT2D eigenvalue weighted by atomic mass is 16.5. The normalized spacial score (nSPS) is 24.9. The predicted octanol–water partition coefficient (Wildman–Crippen LogP) is 8.91. The topological polar surface area (TPSA) is 129 Å². The van der Waals surface area contributed by atoms with Crippen LogP contribution in [0, 0.1) is 23.7 Å². The van der Waals surface area contributed by atoms with Crippen LogP contribution >= 0.6 is 0 Å². The molecule has 2 fully saturated rings. The van der Waals surface area contributed by atoms with Gasteiger partial charge in [0.25, 0.3) is 0 Å². The Hall–Kier alpha value is -6.94. The van der Waals surface area contributed by atoms with E-state index >= 15 is 9.59 Å². The summed E-state index contributed by atoms with van der Waals surface area (Å²) in [5.41, 5.74) is 4.04. The van der Waals surface area contributed by atoms with E-state index in [0.717, 1.165) is 11.3 Å². The molecule has 10 nitrogen and oxygen atoms in total. The molecular weight excluding hydrogens is 741 g/mol. The molecule has 6 atom stereocenters. The van der Waals surface area contributed by atoms with E-state index in [9.17, 15) is 14.7 Å². The maximum absolute atomic E-state index is 15.2. The smallest absolute Gasteiger partial charge is 0.238 e. The number of aromatic hydroxyl groups is 1. The highest BCUT2D eigenvalue weighted by Gasteiger charge is 2.66. The summed E-state index contributed by atoms with van der Waals surface area (Å²) in [5.74, 6) is -4.63. The molecule has 5 aromatic rings. The maximum Gasteiger partial charge on any atom is 0.238 e. The number of amides is 2. The summed E-state index contributed by atoms with van der Waals surface area (Å²) >= 11 is 0. The molecule has 1 N–H and O–H groups in total. The summed E-state index contributed by atoms with van der Waals surface area (Å²) in [6.07, 6.45) is 3.87. The first-order valence-corrected chi connectivity index (χ1v) is 19.8. The number of allylic oxidation sites excluding steroid dienone is 4. The van der Waals surface area contributed by atoms with Crippen molar-refractivity contribution in [3.63, 3.8) is 0 Å². The van der Waals surface area contributed by atoms with E-state index in [2.05, 4.69) is 10.2 Å². The molecule has 0 spiro atoms. The van der Waals surface area contributed by atoms with Crippen LogP contribution in [0.25, 0.3) is 5.57 Å². The molecular formula is C49H42N4O6. The minimum atomic E-state index is -1.46. The van der Waals surface area contributed by atoms with E-state index in [4.69, 9.17) is 4.74 Å². The first-order valence-electron chi connectivity index (χ1n) is 19.8. The largest absolute Gasteiger partial charge is 0.508 e. The molecule has 0 aromatic heterocycles. The number of methoxy groups -OCH3 is 1. The summed E-state index contributed by atoms with van der Waals surface area (Å²) in [4.78, 5) is 62.8. The highest BCUT2D eigenvalue weighted by Crippen LogP contribution is 2.64.